The Morgan fingerprint density at radius 1 is 1.28 bits per heavy atom. The summed E-state index contributed by atoms with van der Waals surface area (Å²) >= 11 is 0. The van der Waals surface area contributed by atoms with Gasteiger partial charge >= 0.3 is 0 Å². The van der Waals surface area contributed by atoms with Crippen LogP contribution in [0, 0.1) is 18.3 Å². The molecule has 1 aliphatic heterocycles. The highest BCUT2D eigenvalue weighted by molar-refractivity contribution is 5.50. The maximum absolute atomic E-state index is 9.00. The van der Waals surface area contributed by atoms with Crippen LogP contribution in [0.4, 0.5) is 5.69 Å². The van der Waals surface area contributed by atoms with Crippen molar-refractivity contribution in [2.75, 3.05) is 25.0 Å². The third kappa shape index (κ3) is 2.65. The van der Waals surface area contributed by atoms with Crippen LogP contribution in [-0.2, 0) is 0 Å². The summed E-state index contributed by atoms with van der Waals surface area (Å²) in [6, 6.07) is 11.7. The van der Waals surface area contributed by atoms with Gasteiger partial charge in [-0.05, 0) is 33.0 Å². The summed E-state index contributed by atoms with van der Waals surface area (Å²) < 4.78 is 0. The standard InChI is InChI=1S/C15H21N3/c1-12-4-6-14(7-5-12)18-13(2)10-17(3)11-15(18)8-9-16/h4-7,13,15H,8,10-11H2,1-3H3. The molecule has 0 N–H and O–H groups in total. The number of hydrogen-bond acceptors (Lipinski definition) is 3. The van der Waals surface area contributed by atoms with Crippen molar-refractivity contribution in [3.63, 3.8) is 0 Å². The third-order valence-electron chi connectivity index (χ3n) is 3.63. The van der Waals surface area contributed by atoms with Gasteiger partial charge in [0.05, 0.1) is 18.5 Å². The van der Waals surface area contributed by atoms with E-state index in [0.29, 0.717) is 18.5 Å². The Balaban J connectivity index is 2.26. The van der Waals surface area contributed by atoms with Gasteiger partial charge in [0.15, 0.2) is 0 Å². The van der Waals surface area contributed by atoms with E-state index in [2.05, 4.69) is 61.0 Å². The number of benzene rings is 1. The van der Waals surface area contributed by atoms with Crippen LogP contribution in [0.1, 0.15) is 18.9 Å². The molecular formula is C15H21N3. The lowest BCUT2D eigenvalue weighted by atomic mass is 10.0. The molecule has 1 heterocycles. The van der Waals surface area contributed by atoms with Crippen LogP contribution in [0.5, 0.6) is 0 Å². The molecule has 2 unspecified atom stereocenters. The Labute approximate surface area is 110 Å². The molecule has 96 valence electrons. The van der Waals surface area contributed by atoms with E-state index in [1.165, 1.54) is 11.3 Å². The molecule has 0 aliphatic carbocycles. The van der Waals surface area contributed by atoms with E-state index in [4.69, 9.17) is 5.26 Å². The van der Waals surface area contributed by atoms with Crippen molar-refractivity contribution in [3.05, 3.63) is 29.8 Å². The molecule has 0 radical (unpaired) electrons. The highest BCUT2D eigenvalue weighted by Gasteiger charge is 2.30. The van der Waals surface area contributed by atoms with Gasteiger partial charge in [-0.2, -0.15) is 5.26 Å². The SMILES string of the molecule is Cc1ccc(N2C(C)CN(C)CC2CC#N)cc1. The van der Waals surface area contributed by atoms with Gasteiger partial charge in [-0.3, -0.25) is 0 Å². The van der Waals surface area contributed by atoms with E-state index in [-0.39, 0.29) is 0 Å². The summed E-state index contributed by atoms with van der Waals surface area (Å²) in [5.41, 5.74) is 2.51. The van der Waals surface area contributed by atoms with E-state index in [9.17, 15) is 0 Å². The molecule has 0 amide bonds. The average Bonchev–Trinajstić information content (AvgIpc) is 2.31. The summed E-state index contributed by atoms with van der Waals surface area (Å²) in [5, 5.41) is 9.00. The van der Waals surface area contributed by atoms with Gasteiger partial charge in [-0.15, -0.1) is 0 Å². The summed E-state index contributed by atoms with van der Waals surface area (Å²) in [6.45, 7) is 6.35. The molecule has 0 aromatic heterocycles. The summed E-state index contributed by atoms with van der Waals surface area (Å²) in [7, 11) is 2.13. The van der Waals surface area contributed by atoms with E-state index >= 15 is 0 Å². The van der Waals surface area contributed by atoms with Gasteiger partial charge < -0.3 is 9.80 Å². The van der Waals surface area contributed by atoms with Crippen molar-refractivity contribution in [2.45, 2.75) is 32.4 Å². The Morgan fingerprint density at radius 3 is 2.56 bits per heavy atom. The molecule has 0 spiro atoms. The van der Waals surface area contributed by atoms with Crippen LogP contribution in [0.2, 0.25) is 0 Å². The summed E-state index contributed by atoms with van der Waals surface area (Å²) in [4.78, 5) is 4.72. The normalized spacial score (nSPS) is 24.9. The zero-order chi connectivity index (χ0) is 13.1. The molecule has 1 aromatic carbocycles. The van der Waals surface area contributed by atoms with Crippen molar-refractivity contribution < 1.29 is 0 Å². The second-order valence-electron chi connectivity index (χ2n) is 5.33. The highest BCUT2D eigenvalue weighted by atomic mass is 15.3. The predicted octanol–water partition coefficient (Wildman–Crippen LogP) is 2.42. The number of nitrogens with zero attached hydrogens (tertiary/aromatic N) is 3. The molecule has 0 bridgehead atoms. The van der Waals surface area contributed by atoms with Crippen LogP contribution in [-0.4, -0.2) is 37.1 Å². The topological polar surface area (TPSA) is 30.3 Å². The Hall–Kier alpha value is -1.53. The van der Waals surface area contributed by atoms with Gasteiger partial charge in [-0.25, -0.2) is 0 Å². The number of likely N-dealkylation sites (N-methyl/N-ethyl adjacent to an activating group) is 1. The Kier molecular flexibility index (Phi) is 3.88. The lowest BCUT2D eigenvalue weighted by molar-refractivity contribution is 0.233. The zero-order valence-electron chi connectivity index (χ0n) is 11.4. The smallest absolute Gasteiger partial charge is 0.0643 e. The first-order chi connectivity index (χ1) is 8.61. The van der Waals surface area contributed by atoms with Gasteiger partial charge in [0.1, 0.15) is 0 Å². The van der Waals surface area contributed by atoms with Gasteiger partial charge in [0, 0.05) is 24.8 Å². The van der Waals surface area contributed by atoms with Gasteiger partial charge in [0.2, 0.25) is 0 Å². The van der Waals surface area contributed by atoms with Crippen LogP contribution in [0.25, 0.3) is 0 Å². The second kappa shape index (κ2) is 5.41. The molecular weight excluding hydrogens is 222 g/mol. The number of piperazine rings is 1. The summed E-state index contributed by atoms with van der Waals surface area (Å²) in [5.74, 6) is 0. The molecule has 3 nitrogen and oxygen atoms in total. The van der Waals surface area contributed by atoms with Crippen LogP contribution in [0.3, 0.4) is 0 Å². The zero-order valence-corrected chi connectivity index (χ0v) is 11.4. The lowest BCUT2D eigenvalue weighted by Gasteiger charge is -2.45. The van der Waals surface area contributed by atoms with E-state index < -0.39 is 0 Å². The molecule has 1 aromatic rings. The minimum Gasteiger partial charge on any atom is -0.362 e. The quantitative estimate of drug-likeness (QED) is 0.799. The number of aryl methyl sites for hydroxylation is 1. The largest absolute Gasteiger partial charge is 0.362 e. The molecule has 1 fully saturated rings. The molecule has 18 heavy (non-hydrogen) atoms. The number of hydrogen-bond donors (Lipinski definition) is 0. The molecule has 2 atom stereocenters. The average molecular weight is 243 g/mol. The van der Waals surface area contributed by atoms with E-state index in [1.54, 1.807) is 0 Å². The number of anilines is 1. The first kappa shape index (κ1) is 12.9. The van der Waals surface area contributed by atoms with Crippen LogP contribution < -0.4 is 4.90 Å². The van der Waals surface area contributed by atoms with E-state index in [0.717, 1.165) is 13.1 Å². The second-order valence-corrected chi connectivity index (χ2v) is 5.33. The molecule has 1 saturated heterocycles. The van der Waals surface area contributed by atoms with Crippen LogP contribution >= 0.6 is 0 Å². The molecule has 0 saturated carbocycles. The van der Waals surface area contributed by atoms with Gasteiger partial charge in [-0.1, -0.05) is 17.7 Å². The van der Waals surface area contributed by atoms with Gasteiger partial charge in [0.25, 0.3) is 0 Å². The summed E-state index contributed by atoms with van der Waals surface area (Å²) in [6.07, 6.45) is 0.586. The van der Waals surface area contributed by atoms with Crippen molar-refractivity contribution >= 4 is 5.69 Å². The fraction of sp³-hybridized carbons (Fsp3) is 0.533. The first-order valence-corrected chi connectivity index (χ1v) is 6.52. The van der Waals surface area contributed by atoms with Crippen molar-refractivity contribution in [3.8, 4) is 6.07 Å². The third-order valence-corrected chi connectivity index (χ3v) is 3.63. The van der Waals surface area contributed by atoms with Crippen molar-refractivity contribution in [2.24, 2.45) is 0 Å². The molecule has 3 heteroatoms. The molecule has 1 aliphatic rings. The Bertz CT molecular complexity index is 432. The molecule has 2 rings (SSSR count). The minimum atomic E-state index is 0.298. The van der Waals surface area contributed by atoms with E-state index in [1.807, 2.05) is 0 Å². The van der Waals surface area contributed by atoms with Crippen molar-refractivity contribution in [1.29, 1.82) is 5.26 Å². The number of rotatable bonds is 2. The van der Waals surface area contributed by atoms with Crippen LogP contribution in [0.15, 0.2) is 24.3 Å². The highest BCUT2D eigenvalue weighted by Crippen LogP contribution is 2.25. The predicted molar refractivity (Wildman–Crippen MR) is 74.6 cm³/mol. The fourth-order valence-corrected chi connectivity index (χ4v) is 2.87. The maximum Gasteiger partial charge on any atom is 0.0643 e. The minimum absolute atomic E-state index is 0.298. The first-order valence-electron chi connectivity index (χ1n) is 6.52. The van der Waals surface area contributed by atoms with Crippen molar-refractivity contribution in [1.82, 2.24) is 4.90 Å². The maximum atomic E-state index is 9.00. The monoisotopic (exact) mass is 243 g/mol. The Morgan fingerprint density at radius 2 is 1.94 bits per heavy atom. The number of nitriles is 1. The fourth-order valence-electron chi connectivity index (χ4n) is 2.87. The lowest BCUT2D eigenvalue weighted by Crippen LogP contribution is -2.56.